The van der Waals surface area contributed by atoms with Crippen molar-refractivity contribution in [1.82, 2.24) is 4.90 Å². The predicted octanol–water partition coefficient (Wildman–Crippen LogP) is 1.81. The maximum Gasteiger partial charge on any atom is 0.146 e. The zero-order valence-corrected chi connectivity index (χ0v) is 9.15. The van der Waals surface area contributed by atoms with Crippen LogP contribution in [-0.2, 0) is 6.54 Å². The number of amidine groups is 1. The van der Waals surface area contributed by atoms with Gasteiger partial charge in [0.05, 0.1) is 6.54 Å². The van der Waals surface area contributed by atoms with Gasteiger partial charge in [-0.05, 0) is 17.9 Å². The van der Waals surface area contributed by atoms with Gasteiger partial charge in [-0.15, -0.1) is 11.3 Å². The number of thiophene rings is 1. The fraction of sp³-hybridized carbons (Fsp3) is 0.400. The Kier molecular flexibility index (Phi) is 3.34. The van der Waals surface area contributed by atoms with Gasteiger partial charge in [0, 0.05) is 18.0 Å². The quantitative estimate of drug-likeness (QED) is 0.482. The summed E-state index contributed by atoms with van der Waals surface area (Å²) in [7, 11) is 0. The van der Waals surface area contributed by atoms with Gasteiger partial charge in [-0.2, -0.15) is 0 Å². The van der Waals surface area contributed by atoms with E-state index in [-0.39, 0.29) is 0 Å². The summed E-state index contributed by atoms with van der Waals surface area (Å²) in [5.74, 6) is 0.775. The molecule has 1 aliphatic heterocycles. The van der Waals surface area contributed by atoms with E-state index in [1.807, 2.05) is 6.07 Å². The summed E-state index contributed by atoms with van der Waals surface area (Å²) in [5, 5.41) is 13.6. The van der Waals surface area contributed by atoms with Crippen LogP contribution >= 0.6 is 11.3 Å². The maximum absolute atomic E-state index is 8.53. The molecule has 0 atom stereocenters. The summed E-state index contributed by atoms with van der Waals surface area (Å²) in [5.41, 5.74) is 0. The fourth-order valence-corrected chi connectivity index (χ4v) is 2.31. The molecule has 2 rings (SSSR count). The highest BCUT2D eigenvalue weighted by atomic mass is 32.1. The maximum atomic E-state index is 8.53. The van der Waals surface area contributed by atoms with E-state index in [9.17, 15) is 0 Å². The van der Waals surface area contributed by atoms with Gasteiger partial charge in [-0.3, -0.25) is 4.99 Å². The van der Waals surface area contributed by atoms with Crippen molar-refractivity contribution < 1.29 is 5.21 Å². The first-order valence-electron chi connectivity index (χ1n) is 4.89. The highest BCUT2D eigenvalue weighted by Crippen LogP contribution is 2.14. The molecule has 1 N–H and O–H groups in total. The number of hydrogen-bond acceptors (Lipinski definition) is 5. The Morgan fingerprint density at radius 1 is 1.67 bits per heavy atom. The van der Waals surface area contributed by atoms with Gasteiger partial charge in [-0.25, -0.2) is 0 Å². The second-order valence-electron chi connectivity index (χ2n) is 3.34. The minimum absolute atomic E-state index is 0.775. The Morgan fingerprint density at radius 3 is 3.33 bits per heavy atom. The molecule has 0 unspecified atom stereocenters. The van der Waals surface area contributed by atoms with Crippen molar-refractivity contribution >= 4 is 23.4 Å². The molecule has 0 spiro atoms. The van der Waals surface area contributed by atoms with Crippen LogP contribution in [0.4, 0.5) is 0 Å². The van der Waals surface area contributed by atoms with Crippen molar-refractivity contribution in [3.8, 4) is 0 Å². The molecule has 15 heavy (non-hydrogen) atoms. The van der Waals surface area contributed by atoms with Crippen molar-refractivity contribution in [3.05, 3.63) is 22.4 Å². The van der Waals surface area contributed by atoms with Crippen molar-refractivity contribution in [3.63, 3.8) is 0 Å². The Morgan fingerprint density at radius 2 is 2.60 bits per heavy atom. The molecular formula is C10H13N3OS. The van der Waals surface area contributed by atoms with Crippen LogP contribution in [0.1, 0.15) is 11.3 Å². The van der Waals surface area contributed by atoms with Crippen molar-refractivity contribution in [2.45, 2.75) is 13.0 Å². The van der Waals surface area contributed by atoms with Gasteiger partial charge < -0.3 is 10.1 Å². The first-order valence-corrected chi connectivity index (χ1v) is 5.77. The molecule has 0 saturated carbocycles. The molecule has 0 aliphatic carbocycles. The van der Waals surface area contributed by atoms with E-state index in [1.54, 1.807) is 11.3 Å². The lowest BCUT2D eigenvalue weighted by Gasteiger charge is -2.26. The number of aliphatic imine (C=N–C) groups is 1. The third-order valence-electron chi connectivity index (χ3n) is 2.28. The Bertz CT molecular complexity index is 359. The van der Waals surface area contributed by atoms with Gasteiger partial charge in [0.25, 0.3) is 0 Å². The monoisotopic (exact) mass is 223 g/mol. The minimum atomic E-state index is 0.775. The molecule has 1 aliphatic rings. The standard InChI is InChI=1S/C10H13N3OS/c14-12-7-10-11-4-2-5-13(10)8-9-3-1-6-15-9/h1,3,6-7,14H,2,4-5,8H2/b12-7+. The molecule has 0 aromatic carbocycles. The van der Waals surface area contributed by atoms with Gasteiger partial charge in [0.15, 0.2) is 0 Å². The van der Waals surface area contributed by atoms with Crippen molar-refractivity contribution in [2.75, 3.05) is 13.1 Å². The third kappa shape index (κ3) is 2.56. The van der Waals surface area contributed by atoms with E-state index in [2.05, 4.69) is 26.5 Å². The van der Waals surface area contributed by atoms with Crippen LogP contribution in [0, 0.1) is 0 Å². The van der Waals surface area contributed by atoms with Crippen LogP contribution < -0.4 is 0 Å². The Hall–Kier alpha value is -1.36. The summed E-state index contributed by atoms with van der Waals surface area (Å²) in [6, 6.07) is 4.15. The van der Waals surface area contributed by atoms with E-state index in [4.69, 9.17) is 5.21 Å². The van der Waals surface area contributed by atoms with E-state index in [0.29, 0.717) is 0 Å². The highest BCUT2D eigenvalue weighted by molar-refractivity contribution is 7.09. The SMILES string of the molecule is O/N=C/C1=NCCCN1Cc1cccs1. The van der Waals surface area contributed by atoms with E-state index in [0.717, 1.165) is 31.9 Å². The lowest BCUT2D eigenvalue weighted by atomic mass is 10.3. The van der Waals surface area contributed by atoms with Crippen LogP contribution in [0.3, 0.4) is 0 Å². The molecule has 5 heteroatoms. The van der Waals surface area contributed by atoms with Crippen LogP contribution in [0.15, 0.2) is 27.7 Å². The minimum Gasteiger partial charge on any atom is -0.411 e. The Balaban J connectivity index is 2.07. The van der Waals surface area contributed by atoms with Crippen molar-refractivity contribution in [2.24, 2.45) is 10.1 Å². The van der Waals surface area contributed by atoms with Crippen molar-refractivity contribution in [1.29, 1.82) is 0 Å². The van der Waals surface area contributed by atoms with Crippen LogP contribution in [0.2, 0.25) is 0 Å². The molecule has 1 aromatic rings. The normalized spacial score (nSPS) is 17.1. The van der Waals surface area contributed by atoms with Gasteiger partial charge >= 0.3 is 0 Å². The summed E-state index contributed by atoms with van der Waals surface area (Å²) < 4.78 is 0. The van der Waals surface area contributed by atoms with Gasteiger partial charge in [0.2, 0.25) is 0 Å². The van der Waals surface area contributed by atoms with Gasteiger partial charge in [-0.1, -0.05) is 11.2 Å². The number of rotatable bonds is 3. The number of hydrogen-bond donors (Lipinski definition) is 1. The van der Waals surface area contributed by atoms with Crippen LogP contribution in [0.25, 0.3) is 0 Å². The van der Waals surface area contributed by atoms with E-state index >= 15 is 0 Å². The second-order valence-corrected chi connectivity index (χ2v) is 4.37. The topological polar surface area (TPSA) is 48.2 Å². The zero-order valence-electron chi connectivity index (χ0n) is 8.33. The molecule has 0 radical (unpaired) electrons. The Labute approximate surface area is 92.6 Å². The molecule has 1 aromatic heterocycles. The lowest BCUT2D eigenvalue weighted by molar-refractivity contribution is 0.320. The van der Waals surface area contributed by atoms with Gasteiger partial charge in [0.1, 0.15) is 12.1 Å². The molecule has 2 heterocycles. The third-order valence-corrected chi connectivity index (χ3v) is 3.15. The van der Waals surface area contributed by atoms with E-state index < -0.39 is 0 Å². The molecule has 0 saturated heterocycles. The molecule has 0 fully saturated rings. The molecular weight excluding hydrogens is 210 g/mol. The second kappa shape index (κ2) is 4.93. The zero-order chi connectivity index (χ0) is 10.5. The summed E-state index contributed by atoms with van der Waals surface area (Å²) in [6.07, 6.45) is 2.47. The first-order chi connectivity index (χ1) is 7.40. The lowest BCUT2D eigenvalue weighted by Crippen LogP contribution is -2.35. The summed E-state index contributed by atoms with van der Waals surface area (Å²) in [4.78, 5) is 7.75. The largest absolute Gasteiger partial charge is 0.411 e. The number of nitrogens with zero attached hydrogens (tertiary/aromatic N) is 3. The summed E-state index contributed by atoms with van der Waals surface area (Å²) in [6.45, 7) is 2.65. The molecule has 4 nitrogen and oxygen atoms in total. The van der Waals surface area contributed by atoms with Crippen LogP contribution in [0.5, 0.6) is 0 Å². The fourth-order valence-electron chi connectivity index (χ4n) is 1.59. The first kappa shape index (κ1) is 10.2. The average molecular weight is 223 g/mol. The molecule has 0 amide bonds. The predicted molar refractivity (Wildman–Crippen MR) is 61.9 cm³/mol. The van der Waals surface area contributed by atoms with E-state index in [1.165, 1.54) is 11.1 Å². The summed E-state index contributed by atoms with van der Waals surface area (Å²) >= 11 is 1.73. The molecule has 0 bridgehead atoms. The smallest absolute Gasteiger partial charge is 0.146 e. The molecule has 80 valence electrons. The average Bonchev–Trinajstić information content (AvgIpc) is 2.74. The highest BCUT2D eigenvalue weighted by Gasteiger charge is 2.14. The number of oxime groups is 1. The van der Waals surface area contributed by atoms with Crippen LogP contribution in [-0.4, -0.2) is 35.2 Å².